The molecule has 0 aliphatic carbocycles. The average Bonchev–Trinajstić information content (AvgIpc) is 3.18. The minimum absolute atomic E-state index is 0.0116. The molecule has 9 heteroatoms. The van der Waals surface area contributed by atoms with Gasteiger partial charge in [-0.2, -0.15) is 4.31 Å². The molecule has 32 heavy (non-hydrogen) atoms. The molecule has 2 aliphatic rings. The number of nitrogens with one attached hydrogen (secondary N) is 1. The van der Waals surface area contributed by atoms with E-state index in [2.05, 4.69) is 22.4 Å². The number of amides is 1. The maximum Gasteiger partial charge on any atom is 0.262 e. The van der Waals surface area contributed by atoms with E-state index in [0.29, 0.717) is 51.5 Å². The number of carbonyl (C=O) groups excluding carboxylic acids is 1. The minimum atomic E-state index is -3.63. The Labute approximate surface area is 190 Å². The lowest BCUT2D eigenvalue weighted by Gasteiger charge is -2.38. The van der Waals surface area contributed by atoms with Crippen molar-refractivity contribution in [2.24, 2.45) is 13.0 Å². The normalized spacial score (nSPS) is 20.2. The Morgan fingerprint density at radius 2 is 1.84 bits per heavy atom. The van der Waals surface area contributed by atoms with Crippen LogP contribution in [0.15, 0.2) is 41.6 Å². The van der Waals surface area contributed by atoms with Gasteiger partial charge in [0.1, 0.15) is 5.82 Å². The van der Waals surface area contributed by atoms with Gasteiger partial charge in [0.05, 0.1) is 0 Å². The molecule has 1 N–H and O–H groups in total. The summed E-state index contributed by atoms with van der Waals surface area (Å²) in [5.41, 5.74) is 1.12. The topological polar surface area (TPSA) is 93.5 Å². The summed E-state index contributed by atoms with van der Waals surface area (Å²) in [6, 6.07) is 10.3. The molecule has 0 radical (unpaired) electrons. The van der Waals surface area contributed by atoms with Crippen LogP contribution in [0.4, 0.5) is 0 Å². The van der Waals surface area contributed by atoms with E-state index in [9.17, 15) is 13.2 Å². The molecule has 2 saturated heterocycles. The number of ether oxygens (including phenoxy) is 1. The highest BCUT2D eigenvalue weighted by Crippen LogP contribution is 2.34. The summed E-state index contributed by atoms with van der Waals surface area (Å²) in [4.78, 5) is 17.1. The number of rotatable bonds is 6. The molecule has 0 spiro atoms. The Balaban J connectivity index is 1.36. The lowest BCUT2D eigenvalue weighted by molar-refractivity contribution is -0.126. The quantitative estimate of drug-likeness (QED) is 0.712. The van der Waals surface area contributed by atoms with E-state index in [4.69, 9.17) is 4.74 Å². The molecule has 2 fully saturated rings. The van der Waals surface area contributed by atoms with Crippen LogP contribution in [0.3, 0.4) is 0 Å². The monoisotopic (exact) mass is 460 g/mol. The first kappa shape index (κ1) is 22.9. The van der Waals surface area contributed by atoms with E-state index in [-0.39, 0.29) is 22.3 Å². The van der Waals surface area contributed by atoms with Crippen LogP contribution >= 0.6 is 0 Å². The van der Waals surface area contributed by atoms with E-state index >= 15 is 0 Å². The van der Waals surface area contributed by atoms with Gasteiger partial charge in [-0.05, 0) is 38.2 Å². The maximum atomic E-state index is 13.0. The van der Waals surface area contributed by atoms with E-state index in [1.54, 1.807) is 24.7 Å². The first-order valence-corrected chi connectivity index (χ1v) is 12.7. The molecule has 2 aliphatic heterocycles. The first-order valence-electron chi connectivity index (χ1n) is 11.2. The molecule has 8 nitrogen and oxygen atoms in total. The van der Waals surface area contributed by atoms with E-state index in [0.717, 1.165) is 12.8 Å². The van der Waals surface area contributed by atoms with Gasteiger partial charge < -0.3 is 14.6 Å². The second kappa shape index (κ2) is 9.33. The fraction of sp³-hybridized carbons (Fsp3) is 0.565. The third-order valence-corrected chi connectivity index (χ3v) is 8.72. The zero-order valence-corrected chi connectivity index (χ0v) is 19.6. The molecule has 0 saturated carbocycles. The minimum Gasteiger partial charge on any atom is -0.381 e. The molecule has 0 bridgehead atoms. The van der Waals surface area contributed by atoms with Gasteiger partial charge in [0.2, 0.25) is 5.91 Å². The fourth-order valence-electron chi connectivity index (χ4n) is 4.66. The van der Waals surface area contributed by atoms with Crippen LogP contribution < -0.4 is 5.32 Å². The standard InChI is InChI=1S/C23H32N4O4S/c1-18-25-21(16-26(18)2)32(29,30)27-12-8-19(9-13-27)22(28)24-17-23(10-14-31-15-11-23)20-6-4-3-5-7-20/h3-7,16,19H,8-15,17H2,1-2H3,(H,24,28). The van der Waals surface area contributed by atoms with Gasteiger partial charge in [-0.15, -0.1) is 0 Å². The number of imidazole rings is 1. The van der Waals surface area contributed by atoms with Crippen LogP contribution in [0, 0.1) is 12.8 Å². The summed E-state index contributed by atoms with van der Waals surface area (Å²) in [5, 5.41) is 3.25. The van der Waals surface area contributed by atoms with Crippen molar-refractivity contribution in [2.45, 2.75) is 43.0 Å². The first-order chi connectivity index (χ1) is 15.3. The van der Waals surface area contributed by atoms with Crippen LogP contribution in [0.25, 0.3) is 0 Å². The molecule has 1 aromatic carbocycles. The summed E-state index contributed by atoms with van der Waals surface area (Å²) in [7, 11) is -1.86. The largest absolute Gasteiger partial charge is 0.381 e. The average molecular weight is 461 g/mol. The van der Waals surface area contributed by atoms with Crippen molar-refractivity contribution in [3.05, 3.63) is 47.9 Å². The number of aryl methyl sites for hydroxylation is 2. The highest BCUT2D eigenvalue weighted by molar-refractivity contribution is 7.89. The second-order valence-electron chi connectivity index (χ2n) is 8.89. The van der Waals surface area contributed by atoms with Crippen LogP contribution in [0.2, 0.25) is 0 Å². The zero-order chi connectivity index (χ0) is 22.8. The highest BCUT2D eigenvalue weighted by atomic mass is 32.2. The maximum absolute atomic E-state index is 13.0. The Morgan fingerprint density at radius 1 is 1.19 bits per heavy atom. The Hall–Kier alpha value is -2.23. The summed E-state index contributed by atoms with van der Waals surface area (Å²) in [5.74, 6) is 0.482. The Morgan fingerprint density at radius 3 is 2.44 bits per heavy atom. The number of piperidine rings is 1. The molecule has 4 rings (SSSR count). The zero-order valence-electron chi connectivity index (χ0n) is 18.8. The number of aromatic nitrogens is 2. The van der Waals surface area contributed by atoms with E-state index < -0.39 is 10.0 Å². The van der Waals surface area contributed by atoms with Crippen LogP contribution in [0.1, 0.15) is 37.1 Å². The number of benzene rings is 1. The molecule has 1 amide bonds. The molecular formula is C23H32N4O4S. The number of hydrogen-bond donors (Lipinski definition) is 1. The summed E-state index contributed by atoms with van der Waals surface area (Å²) in [6.07, 6.45) is 4.31. The van der Waals surface area contributed by atoms with Crippen LogP contribution in [-0.2, 0) is 32.0 Å². The third kappa shape index (κ3) is 4.60. The highest BCUT2D eigenvalue weighted by Gasteiger charge is 2.37. The molecule has 0 unspecified atom stereocenters. The molecular weight excluding hydrogens is 428 g/mol. The number of nitrogens with zero attached hydrogens (tertiary/aromatic N) is 3. The van der Waals surface area contributed by atoms with E-state index in [1.165, 1.54) is 9.87 Å². The van der Waals surface area contributed by atoms with Gasteiger partial charge in [0, 0.05) is 57.4 Å². The summed E-state index contributed by atoms with van der Waals surface area (Å²) >= 11 is 0. The van der Waals surface area contributed by atoms with Crippen molar-refractivity contribution < 1.29 is 17.9 Å². The van der Waals surface area contributed by atoms with Gasteiger partial charge in [-0.25, -0.2) is 13.4 Å². The van der Waals surface area contributed by atoms with Gasteiger partial charge in [-0.1, -0.05) is 30.3 Å². The summed E-state index contributed by atoms with van der Waals surface area (Å²) < 4.78 is 34.5. The SMILES string of the molecule is Cc1nc(S(=O)(=O)N2CCC(C(=O)NCC3(c4ccccc4)CCOCC3)CC2)cn1C. The van der Waals surface area contributed by atoms with Gasteiger partial charge in [0.25, 0.3) is 10.0 Å². The third-order valence-electron chi connectivity index (χ3n) is 6.95. The van der Waals surface area contributed by atoms with Gasteiger partial charge in [0.15, 0.2) is 5.03 Å². The number of carbonyl (C=O) groups is 1. The predicted octanol–water partition coefficient (Wildman–Crippen LogP) is 1.99. The molecule has 174 valence electrons. The number of hydrogen-bond acceptors (Lipinski definition) is 5. The Bertz CT molecular complexity index is 1020. The lowest BCUT2D eigenvalue weighted by Crippen LogP contribution is -2.48. The van der Waals surface area contributed by atoms with Crippen molar-refractivity contribution in [3.63, 3.8) is 0 Å². The molecule has 3 heterocycles. The van der Waals surface area contributed by atoms with Crippen molar-refractivity contribution in [1.29, 1.82) is 0 Å². The van der Waals surface area contributed by atoms with Crippen LogP contribution in [-0.4, -0.2) is 61.0 Å². The van der Waals surface area contributed by atoms with Crippen molar-refractivity contribution in [2.75, 3.05) is 32.8 Å². The fourth-order valence-corrected chi connectivity index (χ4v) is 6.16. The van der Waals surface area contributed by atoms with Crippen molar-refractivity contribution in [3.8, 4) is 0 Å². The predicted molar refractivity (Wildman–Crippen MR) is 121 cm³/mol. The summed E-state index contributed by atoms with van der Waals surface area (Å²) in [6.45, 7) is 4.38. The lowest BCUT2D eigenvalue weighted by atomic mass is 9.74. The van der Waals surface area contributed by atoms with E-state index in [1.807, 2.05) is 18.2 Å². The second-order valence-corrected chi connectivity index (χ2v) is 10.8. The Kier molecular flexibility index (Phi) is 6.69. The molecule has 1 aromatic heterocycles. The van der Waals surface area contributed by atoms with Crippen molar-refractivity contribution >= 4 is 15.9 Å². The molecule has 2 aromatic rings. The van der Waals surface area contributed by atoms with Gasteiger partial charge >= 0.3 is 0 Å². The van der Waals surface area contributed by atoms with Gasteiger partial charge in [-0.3, -0.25) is 4.79 Å². The van der Waals surface area contributed by atoms with Crippen molar-refractivity contribution in [1.82, 2.24) is 19.2 Å². The smallest absolute Gasteiger partial charge is 0.262 e. The number of sulfonamides is 1. The molecule has 0 atom stereocenters. The van der Waals surface area contributed by atoms with Crippen LogP contribution in [0.5, 0.6) is 0 Å².